The van der Waals surface area contributed by atoms with Gasteiger partial charge in [0.25, 0.3) is 0 Å². The first kappa shape index (κ1) is 3.90. The summed E-state index contributed by atoms with van der Waals surface area (Å²) in [6, 6.07) is 0.944. The van der Waals surface area contributed by atoms with Gasteiger partial charge in [-0.25, -0.2) is 0 Å². The highest BCUT2D eigenvalue weighted by Crippen LogP contribution is 2.33. The van der Waals surface area contributed by atoms with Crippen molar-refractivity contribution in [2.75, 3.05) is 6.54 Å². The molecule has 1 aliphatic heterocycles. The van der Waals surface area contributed by atoms with Gasteiger partial charge in [-0.05, 0) is 31.7 Å². The van der Waals surface area contributed by atoms with Gasteiger partial charge in [0.1, 0.15) is 0 Å². The molecular weight excluding hydrogens is 86.1 g/mol. The van der Waals surface area contributed by atoms with Gasteiger partial charge in [0.05, 0.1) is 0 Å². The van der Waals surface area contributed by atoms with Crippen molar-refractivity contribution >= 4 is 0 Å². The van der Waals surface area contributed by atoms with Gasteiger partial charge in [-0.3, -0.25) is 0 Å². The molecule has 0 spiro atoms. The fourth-order valence-corrected chi connectivity index (χ4v) is 1.64. The Kier molecular flexibility index (Phi) is 0.680. The van der Waals surface area contributed by atoms with Crippen molar-refractivity contribution < 1.29 is 0 Å². The summed E-state index contributed by atoms with van der Waals surface area (Å²) >= 11 is 0. The minimum absolute atomic E-state index is 0.944. The fraction of sp³-hybridized carbons (Fsp3) is 1.00. The van der Waals surface area contributed by atoms with Crippen LogP contribution in [0.5, 0.6) is 0 Å². The summed E-state index contributed by atoms with van der Waals surface area (Å²) in [5, 5.41) is 3.46. The lowest BCUT2D eigenvalue weighted by Gasteiger charge is -2.29. The Morgan fingerprint density at radius 1 is 1.14 bits per heavy atom. The third-order valence-electron chi connectivity index (χ3n) is 2.34. The average Bonchev–Trinajstić information content (AvgIpc) is 1.85. The quantitative estimate of drug-likeness (QED) is 0.470. The topological polar surface area (TPSA) is 12.0 Å². The molecule has 1 N–H and O–H groups in total. The number of hydrogen-bond donors (Lipinski definition) is 1. The second-order valence-electron chi connectivity index (χ2n) is 2.69. The maximum atomic E-state index is 3.46. The number of nitrogens with one attached hydrogen (secondary N) is 1. The molecule has 0 aromatic heterocycles. The summed E-state index contributed by atoms with van der Waals surface area (Å²) in [6.45, 7) is 1.29. The van der Waals surface area contributed by atoms with Crippen molar-refractivity contribution in [3.8, 4) is 0 Å². The van der Waals surface area contributed by atoms with Gasteiger partial charge in [-0.1, -0.05) is 0 Å². The predicted octanol–water partition coefficient (Wildman–Crippen LogP) is 0.758. The molecule has 1 heterocycles. The highest BCUT2D eigenvalue weighted by molar-refractivity contribution is 4.91. The summed E-state index contributed by atoms with van der Waals surface area (Å²) in [6.07, 6.45) is 4.40. The lowest BCUT2D eigenvalue weighted by Crippen LogP contribution is -2.34. The van der Waals surface area contributed by atoms with Crippen molar-refractivity contribution in [3.05, 3.63) is 0 Å². The van der Waals surface area contributed by atoms with Crippen molar-refractivity contribution in [2.24, 2.45) is 5.92 Å². The van der Waals surface area contributed by atoms with E-state index in [9.17, 15) is 0 Å². The molecule has 7 heavy (non-hydrogen) atoms. The number of rotatable bonds is 0. The monoisotopic (exact) mass is 97.1 g/mol. The second kappa shape index (κ2) is 1.22. The van der Waals surface area contributed by atoms with Crippen LogP contribution in [0.3, 0.4) is 0 Å². The van der Waals surface area contributed by atoms with Gasteiger partial charge in [0.15, 0.2) is 0 Å². The van der Waals surface area contributed by atoms with E-state index in [1.165, 1.54) is 25.8 Å². The van der Waals surface area contributed by atoms with Gasteiger partial charge in [0, 0.05) is 6.04 Å². The molecule has 0 amide bonds. The van der Waals surface area contributed by atoms with Crippen LogP contribution in [-0.4, -0.2) is 12.6 Å². The van der Waals surface area contributed by atoms with Crippen LogP contribution in [0.15, 0.2) is 0 Å². The molecule has 2 aliphatic rings. The first-order valence-electron chi connectivity index (χ1n) is 3.20. The Morgan fingerprint density at radius 3 is 2.43 bits per heavy atom. The first-order valence-corrected chi connectivity index (χ1v) is 3.20. The summed E-state index contributed by atoms with van der Waals surface area (Å²) in [5.74, 6) is 1.08. The minimum atomic E-state index is 0.944. The molecule has 2 atom stereocenters. The van der Waals surface area contributed by atoms with E-state index in [1.54, 1.807) is 0 Å². The Morgan fingerprint density at radius 2 is 2.14 bits per heavy atom. The zero-order chi connectivity index (χ0) is 4.69. The normalized spacial score (nSPS) is 48.0. The van der Waals surface area contributed by atoms with E-state index in [0.717, 1.165) is 12.0 Å². The maximum Gasteiger partial charge on any atom is 0.00959 e. The SMILES string of the molecule is C1C[C@H]2CC[C@H]2N1. The van der Waals surface area contributed by atoms with Crippen LogP contribution in [0.1, 0.15) is 19.3 Å². The van der Waals surface area contributed by atoms with E-state index in [-0.39, 0.29) is 0 Å². The summed E-state index contributed by atoms with van der Waals surface area (Å²) in [4.78, 5) is 0. The molecule has 2 fully saturated rings. The van der Waals surface area contributed by atoms with Gasteiger partial charge < -0.3 is 5.32 Å². The van der Waals surface area contributed by atoms with Crippen LogP contribution >= 0.6 is 0 Å². The largest absolute Gasteiger partial charge is 0.314 e. The molecule has 0 bridgehead atoms. The molecule has 2 rings (SSSR count). The Bertz CT molecular complexity index is 70.2. The van der Waals surface area contributed by atoms with Crippen LogP contribution in [0.2, 0.25) is 0 Å². The molecule has 0 unspecified atom stereocenters. The van der Waals surface area contributed by atoms with E-state index < -0.39 is 0 Å². The molecular formula is C6H11N. The molecule has 1 nitrogen and oxygen atoms in total. The molecule has 1 heteroatoms. The van der Waals surface area contributed by atoms with Gasteiger partial charge in [-0.2, -0.15) is 0 Å². The van der Waals surface area contributed by atoms with Crippen LogP contribution in [0.4, 0.5) is 0 Å². The zero-order valence-electron chi connectivity index (χ0n) is 4.48. The third kappa shape index (κ3) is 0.418. The van der Waals surface area contributed by atoms with E-state index in [0.29, 0.717) is 0 Å². The van der Waals surface area contributed by atoms with Crippen LogP contribution in [-0.2, 0) is 0 Å². The van der Waals surface area contributed by atoms with Crippen molar-refractivity contribution in [2.45, 2.75) is 25.3 Å². The van der Waals surface area contributed by atoms with Gasteiger partial charge >= 0.3 is 0 Å². The van der Waals surface area contributed by atoms with E-state index in [2.05, 4.69) is 5.32 Å². The second-order valence-corrected chi connectivity index (χ2v) is 2.69. The van der Waals surface area contributed by atoms with Crippen molar-refractivity contribution in [1.82, 2.24) is 5.32 Å². The lowest BCUT2D eigenvalue weighted by atomic mass is 9.81. The maximum absolute atomic E-state index is 3.46. The number of hydrogen-bond acceptors (Lipinski definition) is 1. The molecule has 40 valence electrons. The minimum Gasteiger partial charge on any atom is -0.314 e. The first-order chi connectivity index (χ1) is 3.47. The molecule has 1 aliphatic carbocycles. The van der Waals surface area contributed by atoms with Gasteiger partial charge in [0.2, 0.25) is 0 Å². The molecule has 1 saturated carbocycles. The van der Waals surface area contributed by atoms with E-state index in [4.69, 9.17) is 0 Å². The smallest absolute Gasteiger partial charge is 0.00959 e. The van der Waals surface area contributed by atoms with Gasteiger partial charge in [-0.15, -0.1) is 0 Å². The van der Waals surface area contributed by atoms with E-state index in [1.807, 2.05) is 0 Å². The molecule has 0 radical (unpaired) electrons. The zero-order valence-corrected chi connectivity index (χ0v) is 4.48. The number of fused-ring (bicyclic) bond motifs is 1. The van der Waals surface area contributed by atoms with Crippen LogP contribution < -0.4 is 5.32 Å². The highest BCUT2D eigenvalue weighted by atomic mass is 15.0. The summed E-state index contributed by atoms with van der Waals surface area (Å²) in [7, 11) is 0. The summed E-state index contributed by atoms with van der Waals surface area (Å²) < 4.78 is 0. The highest BCUT2D eigenvalue weighted by Gasteiger charge is 2.33. The van der Waals surface area contributed by atoms with Crippen molar-refractivity contribution in [3.63, 3.8) is 0 Å². The van der Waals surface area contributed by atoms with Crippen LogP contribution in [0.25, 0.3) is 0 Å². The predicted molar refractivity (Wildman–Crippen MR) is 29.1 cm³/mol. The fourth-order valence-electron chi connectivity index (χ4n) is 1.64. The Labute approximate surface area is 44.1 Å². The molecule has 1 saturated heterocycles. The third-order valence-corrected chi connectivity index (χ3v) is 2.34. The average molecular weight is 97.2 g/mol. The van der Waals surface area contributed by atoms with Crippen LogP contribution in [0, 0.1) is 5.92 Å². The Hall–Kier alpha value is -0.0400. The lowest BCUT2D eigenvalue weighted by molar-refractivity contribution is 0.276. The standard InChI is InChI=1S/C6H11N/c1-2-6-5(1)3-4-7-6/h5-7H,1-4H2/t5-,6-/m1/s1. The van der Waals surface area contributed by atoms with E-state index >= 15 is 0 Å². The Balaban J connectivity index is 2.03. The molecule has 0 aromatic rings. The molecule has 0 aromatic carbocycles. The van der Waals surface area contributed by atoms with Crippen molar-refractivity contribution in [1.29, 1.82) is 0 Å². The summed E-state index contributed by atoms with van der Waals surface area (Å²) in [5.41, 5.74) is 0.